The average molecular weight is 258 g/mol. The van der Waals surface area contributed by atoms with E-state index < -0.39 is 11.5 Å². The molecule has 1 aromatic carbocycles. The van der Waals surface area contributed by atoms with Crippen LogP contribution in [0.2, 0.25) is 0 Å². The molecule has 4 heteroatoms. The summed E-state index contributed by atoms with van der Waals surface area (Å²) in [7, 11) is 0. The van der Waals surface area contributed by atoms with Crippen molar-refractivity contribution in [1.82, 2.24) is 5.06 Å². The lowest BCUT2D eigenvalue weighted by atomic mass is 9.85. The highest BCUT2D eigenvalue weighted by atomic mass is 16.5. The summed E-state index contributed by atoms with van der Waals surface area (Å²) in [6.07, 6.45) is 1.53. The van der Waals surface area contributed by atoms with Gasteiger partial charge >= 0.3 is 0 Å². The van der Waals surface area contributed by atoms with E-state index in [2.05, 4.69) is 6.07 Å². The second-order valence-electron chi connectivity index (χ2n) is 5.50. The highest BCUT2D eigenvalue weighted by Crippen LogP contribution is 2.24. The molecule has 0 radical (unpaired) electrons. The Balaban J connectivity index is 2.19. The van der Waals surface area contributed by atoms with Gasteiger partial charge in [0.05, 0.1) is 17.5 Å². The van der Waals surface area contributed by atoms with Crippen molar-refractivity contribution in [2.45, 2.75) is 38.1 Å². The fourth-order valence-corrected chi connectivity index (χ4v) is 2.33. The molecule has 0 amide bonds. The van der Waals surface area contributed by atoms with Gasteiger partial charge in [-0.3, -0.25) is 4.79 Å². The van der Waals surface area contributed by atoms with Crippen LogP contribution in [0.3, 0.4) is 0 Å². The summed E-state index contributed by atoms with van der Waals surface area (Å²) in [5, 5.41) is 19.8. The Morgan fingerprint density at radius 1 is 1.42 bits per heavy atom. The Hall–Kier alpha value is -1.70. The second-order valence-corrected chi connectivity index (χ2v) is 5.50. The van der Waals surface area contributed by atoms with Crippen molar-refractivity contribution in [1.29, 1.82) is 5.26 Å². The number of rotatable bonds is 3. The molecule has 0 unspecified atom stereocenters. The largest absolute Gasteiger partial charge is 0.313 e. The molecule has 1 N–H and O–H groups in total. The van der Waals surface area contributed by atoms with Crippen LogP contribution in [0.1, 0.15) is 42.6 Å². The van der Waals surface area contributed by atoms with E-state index in [0.29, 0.717) is 18.5 Å². The highest BCUT2D eigenvalue weighted by Gasteiger charge is 2.30. The SMILES string of the molecule is CC(C)(C#N)c1ccc(C(=O)[C@@H]2CCCN2O)cc1. The molecule has 1 heterocycles. The van der Waals surface area contributed by atoms with Crippen LogP contribution in [0.4, 0.5) is 0 Å². The Morgan fingerprint density at radius 3 is 2.53 bits per heavy atom. The minimum absolute atomic E-state index is 0.0543. The third-order valence-electron chi connectivity index (χ3n) is 3.70. The summed E-state index contributed by atoms with van der Waals surface area (Å²) >= 11 is 0. The molecule has 0 aromatic heterocycles. The van der Waals surface area contributed by atoms with Crippen LogP contribution < -0.4 is 0 Å². The predicted octanol–water partition coefficient (Wildman–Crippen LogP) is 2.52. The number of carbonyl (C=O) groups is 1. The number of hydrogen-bond donors (Lipinski definition) is 1. The van der Waals surface area contributed by atoms with E-state index >= 15 is 0 Å². The molecule has 1 atom stereocenters. The van der Waals surface area contributed by atoms with E-state index in [9.17, 15) is 10.0 Å². The normalized spacial score (nSPS) is 20.2. The Morgan fingerprint density at radius 2 is 2.05 bits per heavy atom. The third-order valence-corrected chi connectivity index (χ3v) is 3.70. The van der Waals surface area contributed by atoms with Gasteiger partial charge in [-0.15, -0.1) is 0 Å². The molecule has 2 rings (SSSR count). The molecule has 1 saturated heterocycles. The molecule has 1 aliphatic rings. The van der Waals surface area contributed by atoms with E-state index in [1.807, 2.05) is 26.0 Å². The first kappa shape index (κ1) is 13.7. The first-order valence-electron chi connectivity index (χ1n) is 6.47. The van der Waals surface area contributed by atoms with Gasteiger partial charge < -0.3 is 5.21 Å². The monoisotopic (exact) mass is 258 g/mol. The maximum Gasteiger partial charge on any atom is 0.182 e. The van der Waals surface area contributed by atoms with Gasteiger partial charge in [-0.25, -0.2) is 0 Å². The molecule has 0 spiro atoms. The number of benzene rings is 1. The van der Waals surface area contributed by atoms with E-state index in [4.69, 9.17) is 5.26 Å². The molecule has 100 valence electrons. The summed E-state index contributed by atoms with van der Waals surface area (Å²) in [6, 6.07) is 8.92. The number of Topliss-reactive ketones (excluding diaryl/α,β-unsaturated/α-hetero) is 1. The van der Waals surface area contributed by atoms with Crippen molar-refractivity contribution in [2.24, 2.45) is 0 Å². The zero-order valence-electron chi connectivity index (χ0n) is 11.3. The number of hydroxylamine groups is 2. The smallest absolute Gasteiger partial charge is 0.182 e. The van der Waals surface area contributed by atoms with Crippen molar-refractivity contribution in [3.63, 3.8) is 0 Å². The Labute approximate surface area is 113 Å². The highest BCUT2D eigenvalue weighted by molar-refractivity contribution is 6.00. The third kappa shape index (κ3) is 2.67. The van der Waals surface area contributed by atoms with Gasteiger partial charge in [0, 0.05) is 12.1 Å². The average Bonchev–Trinajstić information content (AvgIpc) is 2.84. The first-order chi connectivity index (χ1) is 8.95. The van der Waals surface area contributed by atoms with Crippen LogP contribution in [-0.2, 0) is 5.41 Å². The van der Waals surface area contributed by atoms with Crippen molar-refractivity contribution in [2.75, 3.05) is 6.54 Å². The van der Waals surface area contributed by atoms with Gasteiger partial charge in [0.25, 0.3) is 0 Å². The van der Waals surface area contributed by atoms with Crippen molar-refractivity contribution >= 4 is 5.78 Å². The summed E-state index contributed by atoms with van der Waals surface area (Å²) in [6.45, 7) is 4.24. The zero-order chi connectivity index (χ0) is 14.0. The van der Waals surface area contributed by atoms with Gasteiger partial charge in [-0.2, -0.15) is 10.3 Å². The van der Waals surface area contributed by atoms with Gasteiger partial charge in [-0.05, 0) is 32.3 Å². The van der Waals surface area contributed by atoms with Gasteiger partial charge in [-0.1, -0.05) is 24.3 Å². The molecule has 0 aliphatic carbocycles. The first-order valence-corrected chi connectivity index (χ1v) is 6.47. The quantitative estimate of drug-likeness (QED) is 0.846. The minimum Gasteiger partial charge on any atom is -0.313 e. The molecule has 1 fully saturated rings. The lowest BCUT2D eigenvalue weighted by Crippen LogP contribution is -2.33. The maximum atomic E-state index is 12.2. The Kier molecular flexibility index (Phi) is 3.70. The van der Waals surface area contributed by atoms with E-state index in [-0.39, 0.29) is 5.78 Å². The lowest BCUT2D eigenvalue weighted by molar-refractivity contribution is -0.0909. The fraction of sp³-hybridized carbons (Fsp3) is 0.467. The second kappa shape index (κ2) is 5.12. The lowest BCUT2D eigenvalue weighted by Gasteiger charge is -2.18. The van der Waals surface area contributed by atoms with Gasteiger partial charge in [0.1, 0.15) is 0 Å². The van der Waals surface area contributed by atoms with Crippen molar-refractivity contribution in [3.05, 3.63) is 35.4 Å². The van der Waals surface area contributed by atoms with E-state index in [0.717, 1.165) is 17.0 Å². The van der Waals surface area contributed by atoms with Crippen LogP contribution in [0.15, 0.2) is 24.3 Å². The van der Waals surface area contributed by atoms with E-state index in [1.54, 1.807) is 12.1 Å². The molecule has 1 aliphatic heterocycles. The van der Waals surface area contributed by atoms with Crippen LogP contribution in [0.25, 0.3) is 0 Å². The summed E-state index contributed by atoms with van der Waals surface area (Å²) in [5.74, 6) is -0.0543. The number of nitriles is 1. The molecule has 0 saturated carbocycles. The topological polar surface area (TPSA) is 64.3 Å². The molecule has 0 bridgehead atoms. The zero-order valence-corrected chi connectivity index (χ0v) is 11.3. The van der Waals surface area contributed by atoms with Crippen molar-refractivity contribution in [3.8, 4) is 6.07 Å². The Bertz CT molecular complexity index is 514. The summed E-state index contributed by atoms with van der Waals surface area (Å²) in [5.41, 5.74) is 0.917. The summed E-state index contributed by atoms with van der Waals surface area (Å²) < 4.78 is 0. The van der Waals surface area contributed by atoms with Gasteiger partial charge in [0.2, 0.25) is 0 Å². The van der Waals surface area contributed by atoms with Crippen LogP contribution >= 0.6 is 0 Å². The number of hydrogen-bond acceptors (Lipinski definition) is 4. The van der Waals surface area contributed by atoms with Crippen molar-refractivity contribution < 1.29 is 10.0 Å². The fourth-order valence-electron chi connectivity index (χ4n) is 2.33. The molecule has 1 aromatic rings. The maximum absolute atomic E-state index is 12.2. The number of carbonyl (C=O) groups excluding carboxylic acids is 1. The van der Waals surface area contributed by atoms with E-state index in [1.165, 1.54) is 0 Å². The molecule has 4 nitrogen and oxygen atoms in total. The summed E-state index contributed by atoms with van der Waals surface area (Å²) in [4.78, 5) is 12.2. The molecular formula is C15H18N2O2. The van der Waals surface area contributed by atoms with Crippen LogP contribution in [0, 0.1) is 11.3 Å². The standard InChI is InChI=1S/C15H18N2O2/c1-15(2,10-16)12-7-5-11(6-8-12)14(18)13-4-3-9-17(13)19/h5-8,13,19H,3-4,9H2,1-2H3/t13-/m0/s1. The van der Waals surface area contributed by atoms with Crippen LogP contribution in [-0.4, -0.2) is 28.6 Å². The van der Waals surface area contributed by atoms with Crippen LogP contribution in [0.5, 0.6) is 0 Å². The predicted molar refractivity (Wildman–Crippen MR) is 70.9 cm³/mol. The molecule has 19 heavy (non-hydrogen) atoms. The number of ketones is 1. The van der Waals surface area contributed by atoms with Gasteiger partial charge in [0.15, 0.2) is 5.78 Å². The number of nitrogens with zero attached hydrogens (tertiary/aromatic N) is 2. The minimum atomic E-state index is -0.558. The molecular weight excluding hydrogens is 240 g/mol.